The van der Waals surface area contributed by atoms with Gasteiger partial charge >= 0.3 is 0 Å². The van der Waals surface area contributed by atoms with Crippen molar-refractivity contribution < 1.29 is 0 Å². The first-order valence-electron chi connectivity index (χ1n) is 15.7. The molecule has 0 atom stereocenters. The van der Waals surface area contributed by atoms with Crippen molar-refractivity contribution in [2.45, 2.75) is 0 Å². The SMILES string of the molecule is c1ccc(-n2c3ccccc3c3cc4c(-c5ccc6c(c5)c5cccc7c8nc9ccccc9nc8n6c57)cccc4cc32)cc1. The van der Waals surface area contributed by atoms with Crippen LogP contribution in [0.3, 0.4) is 0 Å². The molecule has 212 valence electrons. The van der Waals surface area contributed by atoms with E-state index in [1.807, 2.05) is 24.3 Å². The first-order chi connectivity index (χ1) is 22.8. The second-order valence-corrected chi connectivity index (χ2v) is 12.2. The zero-order chi connectivity index (χ0) is 29.9. The lowest BCUT2D eigenvalue weighted by molar-refractivity contribution is 1.18. The smallest absolute Gasteiger partial charge is 0.165 e. The summed E-state index contributed by atoms with van der Waals surface area (Å²) >= 11 is 0. The maximum Gasteiger partial charge on any atom is 0.165 e. The highest BCUT2D eigenvalue weighted by atomic mass is 15.0. The van der Waals surface area contributed by atoms with Crippen molar-refractivity contribution in [2.75, 3.05) is 0 Å². The Morgan fingerprint density at radius 2 is 1.17 bits per heavy atom. The van der Waals surface area contributed by atoms with Crippen LogP contribution in [0.5, 0.6) is 0 Å². The van der Waals surface area contributed by atoms with Crippen LogP contribution in [-0.2, 0) is 0 Å². The minimum atomic E-state index is 0.912. The van der Waals surface area contributed by atoms with E-state index in [0.717, 1.165) is 33.1 Å². The summed E-state index contributed by atoms with van der Waals surface area (Å²) in [4.78, 5) is 10.2. The van der Waals surface area contributed by atoms with Crippen molar-refractivity contribution in [1.82, 2.24) is 18.9 Å². The van der Waals surface area contributed by atoms with Crippen molar-refractivity contribution >= 4 is 82.0 Å². The van der Waals surface area contributed by atoms with Crippen molar-refractivity contribution in [3.8, 4) is 16.8 Å². The maximum atomic E-state index is 5.12. The van der Waals surface area contributed by atoms with Gasteiger partial charge in [-0.25, -0.2) is 9.97 Å². The molecule has 0 spiro atoms. The molecule has 0 aliphatic carbocycles. The highest BCUT2D eigenvalue weighted by molar-refractivity contribution is 6.23. The molecule has 0 unspecified atom stereocenters. The van der Waals surface area contributed by atoms with Gasteiger partial charge in [0, 0.05) is 32.6 Å². The first-order valence-corrected chi connectivity index (χ1v) is 15.7. The van der Waals surface area contributed by atoms with Crippen LogP contribution in [0.2, 0.25) is 0 Å². The van der Waals surface area contributed by atoms with Crippen LogP contribution in [0.4, 0.5) is 0 Å². The summed E-state index contributed by atoms with van der Waals surface area (Å²) in [5, 5.41) is 8.61. The van der Waals surface area contributed by atoms with Crippen LogP contribution in [0.1, 0.15) is 0 Å². The molecule has 4 aromatic heterocycles. The monoisotopic (exact) mass is 584 g/mol. The zero-order valence-corrected chi connectivity index (χ0v) is 24.6. The fourth-order valence-electron chi connectivity index (χ4n) is 7.82. The number of nitrogens with zero attached hydrogens (tertiary/aromatic N) is 4. The van der Waals surface area contributed by atoms with Gasteiger partial charge in [0.15, 0.2) is 5.65 Å². The molecular weight excluding hydrogens is 560 g/mol. The largest absolute Gasteiger partial charge is 0.309 e. The Hall–Kier alpha value is -6.26. The molecule has 0 saturated carbocycles. The minimum absolute atomic E-state index is 0.912. The van der Waals surface area contributed by atoms with Crippen LogP contribution in [0.15, 0.2) is 146 Å². The number of rotatable bonds is 2. The maximum absolute atomic E-state index is 5.12. The third-order valence-corrected chi connectivity index (χ3v) is 9.80. The number of fused-ring (bicyclic) bond motifs is 11. The lowest BCUT2D eigenvalue weighted by Crippen LogP contribution is -1.93. The predicted octanol–water partition coefficient (Wildman–Crippen LogP) is 10.7. The van der Waals surface area contributed by atoms with Crippen molar-refractivity contribution in [2.24, 2.45) is 0 Å². The minimum Gasteiger partial charge on any atom is -0.309 e. The molecule has 0 amide bonds. The molecule has 0 fully saturated rings. The van der Waals surface area contributed by atoms with Gasteiger partial charge in [-0.1, -0.05) is 91.0 Å². The molecule has 0 bridgehead atoms. The lowest BCUT2D eigenvalue weighted by atomic mass is 9.95. The molecule has 0 saturated heterocycles. The summed E-state index contributed by atoms with van der Waals surface area (Å²) in [6.07, 6.45) is 0. The fraction of sp³-hybridized carbons (Fsp3) is 0. The number of aromatic nitrogens is 4. The molecule has 7 aromatic carbocycles. The molecule has 11 aromatic rings. The van der Waals surface area contributed by atoms with Gasteiger partial charge in [0.25, 0.3) is 0 Å². The van der Waals surface area contributed by atoms with E-state index >= 15 is 0 Å². The molecule has 0 radical (unpaired) electrons. The van der Waals surface area contributed by atoms with Crippen LogP contribution < -0.4 is 0 Å². The van der Waals surface area contributed by atoms with E-state index in [1.165, 1.54) is 65.7 Å². The summed E-state index contributed by atoms with van der Waals surface area (Å²) in [6, 6.07) is 52.4. The van der Waals surface area contributed by atoms with Crippen LogP contribution in [0.25, 0.3) is 98.8 Å². The summed E-state index contributed by atoms with van der Waals surface area (Å²) in [6.45, 7) is 0. The van der Waals surface area contributed by atoms with Crippen molar-refractivity contribution in [3.05, 3.63) is 146 Å². The van der Waals surface area contributed by atoms with Gasteiger partial charge in [-0.2, -0.15) is 0 Å². The third-order valence-electron chi connectivity index (χ3n) is 9.80. The number of para-hydroxylation sites is 5. The Morgan fingerprint density at radius 3 is 2.09 bits per heavy atom. The molecule has 4 heteroatoms. The normalized spacial score (nSPS) is 12.3. The Balaban J connectivity index is 1.19. The summed E-state index contributed by atoms with van der Waals surface area (Å²) in [5.74, 6) is 0. The molecule has 0 aliphatic heterocycles. The quantitative estimate of drug-likeness (QED) is 0.203. The molecule has 11 rings (SSSR count). The van der Waals surface area contributed by atoms with E-state index in [1.54, 1.807) is 0 Å². The average Bonchev–Trinajstić information content (AvgIpc) is 3.74. The van der Waals surface area contributed by atoms with E-state index < -0.39 is 0 Å². The van der Waals surface area contributed by atoms with E-state index in [9.17, 15) is 0 Å². The molecule has 4 heterocycles. The number of benzene rings is 7. The first kappa shape index (κ1) is 24.1. The summed E-state index contributed by atoms with van der Waals surface area (Å²) in [7, 11) is 0. The van der Waals surface area contributed by atoms with E-state index in [2.05, 4.69) is 130 Å². The Morgan fingerprint density at radius 1 is 0.435 bits per heavy atom. The third kappa shape index (κ3) is 3.07. The Bertz CT molecular complexity index is 3020. The predicted molar refractivity (Wildman–Crippen MR) is 191 cm³/mol. The Kier molecular flexibility index (Phi) is 4.55. The molecule has 4 nitrogen and oxygen atoms in total. The van der Waals surface area contributed by atoms with Gasteiger partial charge in [0.05, 0.1) is 33.1 Å². The van der Waals surface area contributed by atoms with E-state index in [0.29, 0.717) is 0 Å². The highest BCUT2D eigenvalue weighted by Gasteiger charge is 2.21. The van der Waals surface area contributed by atoms with E-state index in [-0.39, 0.29) is 0 Å². The highest BCUT2D eigenvalue weighted by Crippen LogP contribution is 2.42. The number of hydrogen-bond donors (Lipinski definition) is 0. The van der Waals surface area contributed by atoms with E-state index in [4.69, 9.17) is 9.97 Å². The topological polar surface area (TPSA) is 35.1 Å². The second-order valence-electron chi connectivity index (χ2n) is 12.2. The summed E-state index contributed by atoms with van der Waals surface area (Å²) < 4.78 is 4.70. The number of hydrogen-bond acceptors (Lipinski definition) is 2. The molecular formula is C42H24N4. The zero-order valence-electron chi connectivity index (χ0n) is 24.6. The van der Waals surface area contributed by atoms with Crippen LogP contribution >= 0.6 is 0 Å². The van der Waals surface area contributed by atoms with Gasteiger partial charge < -0.3 is 4.57 Å². The van der Waals surface area contributed by atoms with Crippen molar-refractivity contribution in [1.29, 1.82) is 0 Å². The van der Waals surface area contributed by atoms with Gasteiger partial charge in [0.1, 0.15) is 5.52 Å². The fourth-order valence-corrected chi connectivity index (χ4v) is 7.82. The standard InChI is InChI=1S/C42H24N4/c1-2-11-27(12-3-1)45-37-19-7-4-13-29(37)34-24-32-25(23-39(34)45)10-8-14-28(32)26-20-21-38-33(22-26)30-15-9-16-31-40-42(46(38)41(30)31)44-36-18-6-5-17-35(36)43-40/h1-24H. The average molecular weight is 585 g/mol. The lowest BCUT2D eigenvalue weighted by Gasteiger charge is -2.11. The van der Waals surface area contributed by atoms with Gasteiger partial charge in [0.2, 0.25) is 0 Å². The van der Waals surface area contributed by atoms with Crippen LogP contribution in [-0.4, -0.2) is 18.9 Å². The van der Waals surface area contributed by atoms with Gasteiger partial charge in [-0.05, 0) is 76.5 Å². The molecule has 46 heavy (non-hydrogen) atoms. The van der Waals surface area contributed by atoms with Gasteiger partial charge in [-0.3, -0.25) is 4.40 Å². The van der Waals surface area contributed by atoms with Crippen molar-refractivity contribution in [3.63, 3.8) is 0 Å². The molecule has 0 N–H and O–H groups in total. The Labute approximate surface area is 262 Å². The second kappa shape index (κ2) is 8.68. The molecule has 0 aliphatic rings. The summed E-state index contributed by atoms with van der Waals surface area (Å²) in [5.41, 5.74) is 12.1. The van der Waals surface area contributed by atoms with Gasteiger partial charge in [-0.15, -0.1) is 0 Å². The van der Waals surface area contributed by atoms with Crippen LogP contribution in [0, 0.1) is 0 Å².